The van der Waals surface area contributed by atoms with Crippen LogP contribution in [0.5, 0.6) is 5.75 Å². The summed E-state index contributed by atoms with van der Waals surface area (Å²) in [7, 11) is 0. The lowest BCUT2D eigenvalue weighted by atomic mass is 9.76. The van der Waals surface area contributed by atoms with Gasteiger partial charge in [-0.1, -0.05) is 56.0 Å². The number of carbonyl (C=O) groups is 3. The number of amides is 3. The monoisotopic (exact) mass is 459 g/mol. The van der Waals surface area contributed by atoms with Crippen molar-refractivity contribution < 1.29 is 19.5 Å². The Bertz CT molecular complexity index is 1150. The van der Waals surface area contributed by atoms with Gasteiger partial charge in [-0.3, -0.25) is 24.6 Å². The van der Waals surface area contributed by atoms with Crippen molar-refractivity contribution in [3.8, 4) is 5.75 Å². The van der Waals surface area contributed by atoms with Crippen LogP contribution in [0.15, 0.2) is 48.5 Å². The minimum Gasteiger partial charge on any atom is -0.508 e. The van der Waals surface area contributed by atoms with Crippen molar-refractivity contribution >= 4 is 23.4 Å². The highest BCUT2D eigenvalue weighted by molar-refractivity contribution is 6.15. The number of hydrogen-bond donors (Lipinski definition) is 3. The van der Waals surface area contributed by atoms with Crippen LogP contribution in [-0.4, -0.2) is 39.8 Å². The molecule has 3 amide bonds. The van der Waals surface area contributed by atoms with Gasteiger partial charge in [0.2, 0.25) is 17.7 Å². The van der Waals surface area contributed by atoms with Gasteiger partial charge in [-0.2, -0.15) is 0 Å². The lowest BCUT2D eigenvalue weighted by Gasteiger charge is -2.32. The summed E-state index contributed by atoms with van der Waals surface area (Å²) in [4.78, 5) is 43.0. The van der Waals surface area contributed by atoms with Gasteiger partial charge in [0.05, 0.1) is 11.8 Å². The fourth-order valence-corrected chi connectivity index (χ4v) is 6.72. The maximum absolute atomic E-state index is 14.0. The predicted molar refractivity (Wildman–Crippen MR) is 126 cm³/mol. The second-order valence-electron chi connectivity index (χ2n) is 10.1. The fourth-order valence-electron chi connectivity index (χ4n) is 6.72. The van der Waals surface area contributed by atoms with Crippen LogP contribution < -0.4 is 10.6 Å². The third-order valence-electron chi connectivity index (χ3n) is 8.24. The number of nitrogens with one attached hydrogen (secondary N) is 2. The van der Waals surface area contributed by atoms with Gasteiger partial charge in [-0.15, -0.1) is 0 Å². The maximum Gasteiger partial charge on any atom is 0.250 e. The molecule has 34 heavy (non-hydrogen) atoms. The molecule has 0 radical (unpaired) electrons. The van der Waals surface area contributed by atoms with Gasteiger partial charge in [0, 0.05) is 23.3 Å². The zero-order valence-electron chi connectivity index (χ0n) is 19.0. The molecule has 3 aliphatic heterocycles. The number of phenols is 1. The number of nitrogens with zero attached hydrogens (tertiary/aromatic N) is 1. The van der Waals surface area contributed by atoms with E-state index in [9.17, 15) is 19.5 Å². The predicted octanol–water partition coefficient (Wildman–Crippen LogP) is 3.08. The number of aromatic hydroxyl groups is 1. The molecule has 1 saturated carbocycles. The maximum atomic E-state index is 14.0. The smallest absolute Gasteiger partial charge is 0.250 e. The summed E-state index contributed by atoms with van der Waals surface area (Å²) in [6, 6.07) is 13.9. The lowest BCUT2D eigenvalue weighted by molar-refractivity contribution is -0.145. The Kier molecular flexibility index (Phi) is 4.99. The average Bonchev–Trinajstić information content (AvgIpc) is 3.29. The normalized spacial score (nSPS) is 31.0. The fraction of sp³-hybridized carbons (Fsp3) is 0.444. The van der Waals surface area contributed by atoms with Crippen molar-refractivity contribution in [1.82, 2.24) is 10.2 Å². The van der Waals surface area contributed by atoms with Crippen LogP contribution in [0.2, 0.25) is 0 Å². The van der Waals surface area contributed by atoms with Crippen molar-refractivity contribution in [3.63, 3.8) is 0 Å². The minimum atomic E-state index is -1.25. The first kappa shape index (κ1) is 21.4. The van der Waals surface area contributed by atoms with E-state index in [2.05, 4.69) is 10.6 Å². The number of para-hydroxylation sites is 1. The summed E-state index contributed by atoms with van der Waals surface area (Å²) in [5.41, 5.74) is 1.12. The molecule has 4 aliphatic rings. The first-order valence-corrected chi connectivity index (χ1v) is 12.3. The number of hydrogen-bond acceptors (Lipinski definition) is 5. The Morgan fingerprint density at radius 2 is 1.62 bits per heavy atom. The van der Waals surface area contributed by atoms with Gasteiger partial charge >= 0.3 is 0 Å². The van der Waals surface area contributed by atoms with E-state index >= 15 is 0 Å². The Labute approximate surface area is 198 Å². The number of fused-ring (bicyclic) bond motifs is 4. The molecule has 1 spiro atoms. The molecule has 176 valence electrons. The van der Waals surface area contributed by atoms with Crippen LogP contribution in [0.4, 0.5) is 5.69 Å². The van der Waals surface area contributed by atoms with Gasteiger partial charge < -0.3 is 10.4 Å². The quantitative estimate of drug-likeness (QED) is 0.484. The Morgan fingerprint density at radius 3 is 2.35 bits per heavy atom. The first-order chi connectivity index (χ1) is 16.5. The SMILES string of the molecule is O=C1[C@H]2[C@@H](C(=O)N1C1CCCCCC1)[C@@]1(N[C@@H]2Cc2ccc(O)cc2)C(=O)Nc2ccccc21. The summed E-state index contributed by atoms with van der Waals surface area (Å²) in [6.07, 6.45) is 6.44. The molecule has 2 saturated heterocycles. The largest absolute Gasteiger partial charge is 0.508 e. The van der Waals surface area contributed by atoms with Crippen LogP contribution in [0.25, 0.3) is 0 Å². The van der Waals surface area contributed by atoms with Crippen molar-refractivity contribution in [2.75, 3.05) is 5.32 Å². The Morgan fingerprint density at radius 1 is 0.912 bits per heavy atom. The molecule has 1 aliphatic carbocycles. The third kappa shape index (κ3) is 3.03. The molecule has 2 aromatic carbocycles. The summed E-state index contributed by atoms with van der Waals surface area (Å²) < 4.78 is 0. The van der Waals surface area contributed by atoms with Crippen LogP contribution >= 0.6 is 0 Å². The summed E-state index contributed by atoms with van der Waals surface area (Å²) in [6.45, 7) is 0. The molecule has 3 fully saturated rings. The molecule has 3 heterocycles. The van der Waals surface area contributed by atoms with E-state index in [1.165, 1.54) is 4.90 Å². The van der Waals surface area contributed by atoms with Gasteiger partial charge in [0.15, 0.2) is 0 Å². The van der Waals surface area contributed by atoms with Crippen LogP contribution in [0.3, 0.4) is 0 Å². The van der Waals surface area contributed by atoms with Crippen molar-refractivity contribution in [2.24, 2.45) is 11.8 Å². The number of likely N-dealkylation sites (tertiary alicyclic amines) is 1. The highest BCUT2D eigenvalue weighted by Crippen LogP contribution is 2.54. The van der Waals surface area contributed by atoms with E-state index in [1.54, 1.807) is 12.1 Å². The number of anilines is 1. The number of carbonyl (C=O) groups excluding carboxylic acids is 3. The van der Waals surface area contributed by atoms with Gasteiger partial charge in [-0.25, -0.2) is 0 Å². The van der Waals surface area contributed by atoms with E-state index in [4.69, 9.17) is 0 Å². The highest BCUT2D eigenvalue weighted by Gasteiger charge is 2.70. The second-order valence-corrected chi connectivity index (χ2v) is 10.1. The van der Waals surface area contributed by atoms with Crippen LogP contribution in [0, 0.1) is 11.8 Å². The standard InChI is InChI=1S/C27H29N3O4/c31-18-13-11-16(12-14-18)15-21-22-23(25(33)30(24(22)32)17-7-3-1-2-4-8-17)27(29-21)19-9-5-6-10-20(19)28-26(27)34/h5-6,9-14,17,21-23,29,31H,1-4,7-8,15H2,(H,28,34)/t21-,22-,23+,27-/m1/s1. The first-order valence-electron chi connectivity index (χ1n) is 12.3. The molecule has 3 N–H and O–H groups in total. The van der Waals surface area contributed by atoms with Crippen LogP contribution in [0.1, 0.15) is 49.7 Å². The lowest BCUT2D eigenvalue weighted by Crippen LogP contribution is -2.54. The number of rotatable bonds is 3. The zero-order chi connectivity index (χ0) is 23.4. The molecule has 4 atom stereocenters. The van der Waals surface area contributed by atoms with Gasteiger partial charge in [0.25, 0.3) is 0 Å². The summed E-state index contributed by atoms with van der Waals surface area (Å²) in [5, 5.41) is 16.1. The van der Waals surface area contributed by atoms with Crippen molar-refractivity contribution in [2.45, 2.75) is 62.6 Å². The van der Waals surface area contributed by atoms with E-state index in [-0.39, 0.29) is 35.6 Å². The zero-order valence-corrected chi connectivity index (χ0v) is 19.0. The van der Waals surface area contributed by atoms with E-state index in [0.29, 0.717) is 12.1 Å². The Hall–Kier alpha value is -3.19. The molecule has 0 unspecified atom stereocenters. The highest BCUT2D eigenvalue weighted by atomic mass is 16.3. The topological polar surface area (TPSA) is 98.7 Å². The van der Waals surface area contributed by atoms with E-state index in [1.807, 2.05) is 36.4 Å². The molecule has 6 rings (SSSR count). The Balaban J connectivity index is 1.44. The number of imide groups is 1. The van der Waals surface area contributed by atoms with E-state index < -0.39 is 17.4 Å². The molecule has 2 aromatic rings. The third-order valence-corrected chi connectivity index (χ3v) is 8.24. The second kappa shape index (κ2) is 7.94. The number of benzene rings is 2. The summed E-state index contributed by atoms with van der Waals surface area (Å²) in [5.74, 6) is -1.83. The molecule has 7 nitrogen and oxygen atoms in total. The number of phenolic OH excluding ortho intramolecular Hbond substituents is 1. The molecular formula is C27H29N3O4. The minimum absolute atomic E-state index is 0.0841. The summed E-state index contributed by atoms with van der Waals surface area (Å²) >= 11 is 0. The molecular weight excluding hydrogens is 430 g/mol. The van der Waals surface area contributed by atoms with E-state index in [0.717, 1.165) is 49.7 Å². The van der Waals surface area contributed by atoms with Crippen molar-refractivity contribution in [1.29, 1.82) is 0 Å². The molecule has 0 bridgehead atoms. The van der Waals surface area contributed by atoms with Crippen LogP contribution in [-0.2, 0) is 26.3 Å². The molecule has 7 heteroatoms. The van der Waals surface area contributed by atoms with Gasteiger partial charge in [0.1, 0.15) is 11.3 Å². The van der Waals surface area contributed by atoms with Crippen molar-refractivity contribution in [3.05, 3.63) is 59.7 Å². The van der Waals surface area contributed by atoms with Gasteiger partial charge in [-0.05, 0) is 43.0 Å². The molecule has 0 aromatic heterocycles. The average molecular weight is 460 g/mol.